The van der Waals surface area contributed by atoms with Crippen molar-refractivity contribution in [2.45, 2.75) is 24.8 Å². The number of aromatic amines is 1. The summed E-state index contributed by atoms with van der Waals surface area (Å²) in [6, 6.07) is 6.84. The van der Waals surface area contributed by atoms with E-state index in [-0.39, 0.29) is 17.7 Å². The van der Waals surface area contributed by atoms with Gasteiger partial charge in [0.15, 0.2) is 0 Å². The molecule has 2 aliphatic rings. The van der Waals surface area contributed by atoms with Crippen LogP contribution in [0.25, 0.3) is 10.9 Å². The number of imide groups is 1. The second-order valence-electron chi connectivity index (χ2n) is 6.78. The summed E-state index contributed by atoms with van der Waals surface area (Å²) < 4.78 is 5.31. The molecule has 1 spiro atoms. The summed E-state index contributed by atoms with van der Waals surface area (Å²) in [5.74, 6) is 0.0133. The normalized spacial score (nSPS) is 24.7. The Kier molecular flexibility index (Phi) is 3.82. The van der Waals surface area contributed by atoms with Gasteiger partial charge in [-0.25, -0.2) is 4.79 Å². The first kappa shape index (κ1) is 16.4. The van der Waals surface area contributed by atoms with Crippen LogP contribution in [0.5, 0.6) is 5.75 Å². The van der Waals surface area contributed by atoms with Gasteiger partial charge in [0.1, 0.15) is 17.0 Å². The maximum Gasteiger partial charge on any atom is 0.322 e. The quantitative estimate of drug-likeness (QED) is 0.618. The molecule has 2 unspecified atom stereocenters. The third-order valence-corrected chi connectivity index (χ3v) is 5.39. The van der Waals surface area contributed by atoms with Gasteiger partial charge in [0.25, 0.3) is 11.8 Å². The Balaban J connectivity index is 1.49. The Morgan fingerprint density at radius 3 is 2.96 bits per heavy atom. The molecule has 8 nitrogen and oxygen atoms in total. The van der Waals surface area contributed by atoms with Crippen LogP contribution >= 0.6 is 0 Å². The summed E-state index contributed by atoms with van der Waals surface area (Å²) in [4.78, 5) is 39.4. The third kappa shape index (κ3) is 2.49. The van der Waals surface area contributed by atoms with Gasteiger partial charge in [0.2, 0.25) is 0 Å². The first-order chi connectivity index (χ1) is 12.5. The van der Waals surface area contributed by atoms with Crippen molar-refractivity contribution < 1.29 is 19.1 Å². The van der Waals surface area contributed by atoms with Crippen molar-refractivity contribution in [3.8, 4) is 5.75 Å². The number of hydrogen-bond donors (Lipinski definition) is 4. The molecule has 8 heteroatoms. The molecule has 1 aliphatic carbocycles. The zero-order chi connectivity index (χ0) is 18.3. The topological polar surface area (TPSA) is 112 Å². The van der Waals surface area contributed by atoms with Crippen LogP contribution in [0, 0.1) is 5.92 Å². The van der Waals surface area contributed by atoms with Crippen LogP contribution < -0.4 is 20.7 Å². The second kappa shape index (κ2) is 6.05. The van der Waals surface area contributed by atoms with Crippen LogP contribution in [-0.4, -0.2) is 42.0 Å². The molecule has 26 heavy (non-hydrogen) atoms. The smallest absolute Gasteiger partial charge is 0.322 e. The van der Waals surface area contributed by atoms with Gasteiger partial charge in [-0.05, 0) is 31.0 Å². The molecule has 1 aliphatic heterocycles. The molecule has 2 fully saturated rings. The fourth-order valence-corrected chi connectivity index (χ4v) is 4.06. The van der Waals surface area contributed by atoms with Crippen molar-refractivity contribution in [1.82, 2.24) is 20.9 Å². The Morgan fingerprint density at radius 2 is 2.23 bits per heavy atom. The van der Waals surface area contributed by atoms with E-state index in [1.165, 1.54) is 0 Å². The van der Waals surface area contributed by atoms with Crippen molar-refractivity contribution in [2.75, 3.05) is 13.7 Å². The van der Waals surface area contributed by atoms with Crippen LogP contribution in [-0.2, 0) is 4.79 Å². The van der Waals surface area contributed by atoms with E-state index < -0.39 is 11.6 Å². The fraction of sp³-hybridized carbons (Fsp3) is 0.389. The van der Waals surface area contributed by atoms with E-state index in [1.54, 1.807) is 13.2 Å². The zero-order valence-electron chi connectivity index (χ0n) is 14.3. The van der Waals surface area contributed by atoms with Crippen molar-refractivity contribution in [3.05, 3.63) is 30.0 Å². The predicted molar refractivity (Wildman–Crippen MR) is 93.9 cm³/mol. The van der Waals surface area contributed by atoms with Crippen molar-refractivity contribution >= 4 is 28.7 Å². The zero-order valence-corrected chi connectivity index (χ0v) is 14.3. The number of fused-ring (bicyclic) bond motifs is 1. The summed E-state index contributed by atoms with van der Waals surface area (Å²) in [5.41, 5.74) is 0.347. The minimum Gasteiger partial charge on any atom is -0.496 e. The summed E-state index contributed by atoms with van der Waals surface area (Å²) in [5, 5.41) is 8.78. The molecule has 4 rings (SSSR count). The first-order valence-corrected chi connectivity index (χ1v) is 8.61. The second-order valence-corrected chi connectivity index (χ2v) is 6.78. The standard InChI is InChI=1S/C18H20N4O4/c1-26-14-6-2-5-12-11(14)8-13(20-12)15(23)19-9-10-4-3-7-18(10)16(24)21-17(25)22-18/h2,5-6,8,10,20H,3-4,7,9H2,1H3,(H,19,23)(H2,21,22,24,25). The predicted octanol–water partition coefficient (Wildman–Crippen LogP) is 1.28. The van der Waals surface area contributed by atoms with Crippen LogP contribution in [0.4, 0.5) is 4.79 Å². The molecule has 0 radical (unpaired) electrons. The van der Waals surface area contributed by atoms with Gasteiger partial charge in [0.05, 0.1) is 7.11 Å². The Labute approximate surface area is 149 Å². The van der Waals surface area contributed by atoms with Gasteiger partial charge in [-0.1, -0.05) is 12.5 Å². The van der Waals surface area contributed by atoms with E-state index in [0.29, 0.717) is 24.4 Å². The minimum absolute atomic E-state index is 0.128. The van der Waals surface area contributed by atoms with Crippen LogP contribution in [0.2, 0.25) is 0 Å². The molecular weight excluding hydrogens is 336 g/mol. The number of carbonyl (C=O) groups excluding carboxylic acids is 3. The van der Waals surface area contributed by atoms with E-state index in [0.717, 1.165) is 23.7 Å². The molecule has 1 aromatic carbocycles. The number of H-pyrrole nitrogens is 1. The van der Waals surface area contributed by atoms with Gasteiger partial charge in [0, 0.05) is 23.4 Å². The highest BCUT2D eigenvalue weighted by molar-refractivity contribution is 6.07. The number of methoxy groups -OCH3 is 1. The number of urea groups is 1. The van der Waals surface area contributed by atoms with E-state index in [4.69, 9.17) is 4.74 Å². The number of benzene rings is 1. The Morgan fingerprint density at radius 1 is 1.38 bits per heavy atom. The molecule has 2 aromatic rings. The Bertz CT molecular complexity index is 906. The molecule has 136 valence electrons. The fourth-order valence-electron chi connectivity index (χ4n) is 4.06. The van der Waals surface area contributed by atoms with E-state index in [2.05, 4.69) is 20.9 Å². The highest BCUT2D eigenvalue weighted by atomic mass is 16.5. The monoisotopic (exact) mass is 356 g/mol. The molecule has 2 heterocycles. The summed E-state index contributed by atoms with van der Waals surface area (Å²) in [7, 11) is 1.59. The lowest BCUT2D eigenvalue weighted by Crippen LogP contribution is -2.53. The van der Waals surface area contributed by atoms with Crippen molar-refractivity contribution in [1.29, 1.82) is 0 Å². The third-order valence-electron chi connectivity index (χ3n) is 5.39. The van der Waals surface area contributed by atoms with Crippen LogP contribution in [0.1, 0.15) is 29.8 Å². The number of nitrogens with one attached hydrogen (secondary N) is 4. The average molecular weight is 356 g/mol. The highest BCUT2D eigenvalue weighted by Crippen LogP contribution is 2.37. The molecule has 4 N–H and O–H groups in total. The summed E-state index contributed by atoms with van der Waals surface area (Å²) in [6.07, 6.45) is 2.20. The van der Waals surface area contributed by atoms with Crippen LogP contribution in [0.15, 0.2) is 24.3 Å². The van der Waals surface area contributed by atoms with Gasteiger partial charge in [-0.3, -0.25) is 14.9 Å². The molecule has 4 amide bonds. The minimum atomic E-state index is -0.895. The SMILES string of the molecule is COc1cccc2[nH]c(C(=O)NCC3CCCC34NC(=O)NC4=O)cc12. The average Bonchev–Trinajstić information content (AvgIpc) is 3.30. The van der Waals surface area contributed by atoms with Gasteiger partial charge in [-0.2, -0.15) is 0 Å². The largest absolute Gasteiger partial charge is 0.496 e. The number of aromatic nitrogens is 1. The van der Waals surface area contributed by atoms with Crippen molar-refractivity contribution in [3.63, 3.8) is 0 Å². The van der Waals surface area contributed by atoms with E-state index in [9.17, 15) is 14.4 Å². The summed E-state index contributed by atoms with van der Waals surface area (Å²) in [6.45, 7) is 0.318. The lowest BCUT2D eigenvalue weighted by atomic mass is 9.87. The highest BCUT2D eigenvalue weighted by Gasteiger charge is 2.54. The lowest BCUT2D eigenvalue weighted by Gasteiger charge is -2.28. The number of ether oxygens (including phenoxy) is 1. The maximum absolute atomic E-state index is 12.5. The number of carbonyl (C=O) groups is 3. The van der Waals surface area contributed by atoms with Crippen molar-refractivity contribution in [2.24, 2.45) is 5.92 Å². The van der Waals surface area contributed by atoms with Gasteiger partial charge < -0.3 is 20.4 Å². The van der Waals surface area contributed by atoms with Crippen LogP contribution in [0.3, 0.4) is 0 Å². The first-order valence-electron chi connectivity index (χ1n) is 8.61. The number of rotatable bonds is 4. The van der Waals surface area contributed by atoms with E-state index in [1.807, 2.05) is 18.2 Å². The molecule has 2 atom stereocenters. The lowest BCUT2D eigenvalue weighted by molar-refractivity contribution is -0.125. The molecule has 1 saturated carbocycles. The van der Waals surface area contributed by atoms with Gasteiger partial charge in [-0.15, -0.1) is 0 Å². The molecule has 1 saturated heterocycles. The molecule has 0 bridgehead atoms. The Hall–Kier alpha value is -3.03. The summed E-state index contributed by atoms with van der Waals surface area (Å²) >= 11 is 0. The number of amides is 4. The van der Waals surface area contributed by atoms with E-state index >= 15 is 0 Å². The number of hydrogen-bond acceptors (Lipinski definition) is 4. The molecule has 1 aromatic heterocycles. The maximum atomic E-state index is 12.5. The molecular formula is C18H20N4O4. The van der Waals surface area contributed by atoms with Gasteiger partial charge >= 0.3 is 6.03 Å².